The lowest BCUT2D eigenvalue weighted by Gasteiger charge is -2.27. The minimum absolute atomic E-state index is 0.0666. The molecule has 1 amide bonds. The van der Waals surface area contributed by atoms with Gasteiger partial charge in [0.15, 0.2) is 0 Å². The number of ether oxygens (including phenoxy) is 2. The molecule has 17 heavy (non-hydrogen) atoms. The monoisotopic (exact) mass is 244 g/mol. The molecule has 0 spiro atoms. The van der Waals surface area contributed by atoms with Gasteiger partial charge in [-0.25, -0.2) is 0 Å². The van der Waals surface area contributed by atoms with E-state index in [2.05, 4.69) is 17.6 Å². The number of carbonyl (C=O) groups excluding carboxylic acids is 1. The fourth-order valence-corrected chi connectivity index (χ4v) is 2.13. The average Bonchev–Trinajstić information content (AvgIpc) is 2.34. The molecule has 100 valence electrons. The van der Waals surface area contributed by atoms with Crippen LogP contribution in [0, 0.1) is 5.92 Å². The van der Waals surface area contributed by atoms with E-state index in [1.165, 1.54) is 0 Å². The lowest BCUT2D eigenvalue weighted by atomic mass is 9.92. The normalized spacial score (nSPS) is 26.5. The molecule has 1 heterocycles. The van der Waals surface area contributed by atoms with Crippen LogP contribution in [0.25, 0.3) is 0 Å². The number of methoxy groups -OCH3 is 2. The maximum atomic E-state index is 11.9. The Morgan fingerprint density at radius 1 is 1.53 bits per heavy atom. The molecule has 3 unspecified atom stereocenters. The smallest absolute Gasteiger partial charge is 0.223 e. The first kappa shape index (κ1) is 14.4. The zero-order valence-corrected chi connectivity index (χ0v) is 11.0. The van der Waals surface area contributed by atoms with Crippen LogP contribution in [0.2, 0.25) is 0 Å². The molecule has 1 aliphatic heterocycles. The van der Waals surface area contributed by atoms with Gasteiger partial charge in [0.1, 0.15) is 0 Å². The summed E-state index contributed by atoms with van der Waals surface area (Å²) in [6.45, 7) is 4.05. The number of nitrogens with one attached hydrogen (secondary N) is 2. The first-order valence-corrected chi connectivity index (χ1v) is 6.20. The molecule has 1 fully saturated rings. The van der Waals surface area contributed by atoms with Gasteiger partial charge in [-0.2, -0.15) is 0 Å². The summed E-state index contributed by atoms with van der Waals surface area (Å²) >= 11 is 0. The molecule has 0 aromatic carbocycles. The number of hydrogen-bond donors (Lipinski definition) is 2. The van der Waals surface area contributed by atoms with Crippen molar-refractivity contribution in [3.8, 4) is 0 Å². The minimum atomic E-state index is -0.0666. The lowest BCUT2D eigenvalue weighted by Crippen LogP contribution is -2.44. The van der Waals surface area contributed by atoms with Crippen molar-refractivity contribution in [2.24, 2.45) is 5.92 Å². The third kappa shape index (κ3) is 5.02. The SMILES string of the molecule is COCC(CNC(=O)C1CCNC(C)C1)OC. The van der Waals surface area contributed by atoms with E-state index in [0.717, 1.165) is 19.4 Å². The minimum Gasteiger partial charge on any atom is -0.382 e. The van der Waals surface area contributed by atoms with Crippen molar-refractivity contribution in [1.82, 2.24) is 10.6 Å². The number of amides is 1. The quantitative estimate of drug-likeness (QED) is 0.698. The number of carbonyl (C=O) groups is 1. The molecule has 0 aromatic heterocycles. The fraction of sp³-hybridized carbons (Fsp3) is 0.917. The molecule has 0 bridgehead atoms. The summed E-state index contributed by atoms with van der Waals surface area (Å²) in [5.41, 5.74) is 0. The summed E-state index contributed by atoms with van der Waals surface area (Å²) in [4.78, 5) is 11.9. The molecule has 1 rings (SSSR count). The fourth-order valence-electron chi connectivity index (χ4n) is 2.13. The summed E-state index contributed by atoms with van der Waals surface area (Å²) in [7, 11) is 3.25. The van der Waals surface area contributed by atoms with Gasteiger partial charge < -0.3 is 20.1 Å². The number of piperidine rings is 1. The van der Waals surface area contributed by atoms with Crippen LogP contribution in [-0.4, -0.2) is 52.0 Å². The highest BCUT2D eigenvalue weighted by Gasteiger charge is 2.24. The molecule has 0 radical (unpaired) electrons. The third-order valence-corrected chi connectivity index (χ3v) is 3.18. The molecule has 0 saturated carbocycles. The van der Waals surface area contributed by atoms with Crippen molar-refractivity contribution in [3.63, 3.8) is 0 Å². The van der Waals surface area contributed by atoms with E-state index < -0.39 is 0 Å². The van der Waals surface area contributed by atoms with Gasteiger partial charge in [0, 0.05) is 32.7 Å². The summed E-state index contributed by atoms with van der Waals surface area (Å²) in [5, 5.41) is 6.28. The van der Waals surface area contributed by atoms with Crippen LogP contribution in [0.15, 0.2) is 0 Å². The second kappa shape index (κ2) is 7.63. The van der Waals surface area contributed by atoms with Crippen LogP contribution < -0.4 is 10.6 Å². The Morgan fingerprint density at radius 2 is 2.29 bits per heavy atom. The zero-order chi connectivity index (χ0) is 12.7. The highest BCUT2D eigenvalue weighted by molar-refractivity contribution is 5.78. The van der Waals surface area contributed by atoms with Gasteiger partial charge in [-0.05, 0) is 26.3 Å². The van der Waals surface area contributed by atoms with Crippen molar-refractivity contribution in [1.29, 1.82) is 0 Å². The van der Waals surface area contributed by atoms with Gasteiger partial charge in [-0.15, -0.1) is 0 Å². The third-order valence-electron chi connectivity index (χ3n) is 3.18. The maximum absolute atomic E-state index is 11.9. The molecule has 3 atom stereocenters. The van der Waals surface area contributed by atoms with Crippen molar-refractivity contribution < 1.29 is 14.3 Å². The van der Waals surface area contributed by atoms with Crippen LogP contribution in [0.5, 0.6) is 0 Å². The van der Waals surface area contributed by atoms with Crippen molar-refractivity contribution in [2.75, 3.05) is 33.9 Å². The van der Waals surface area contributed by atoms with E-state index in [1.54, 1.807) is 14.2 Å². The van der Waals surface area contributed by atoms with Crippen LogP contribution in [0.3, 0.4) is 0 Å². The standard InChI is InChI=1S/C12H24N2O3/c1-9-6-10(4-5-13-9)12(15)14-7-11(17-3)8-16-2/h9-11,13H,4-8H2,1-3H3,(H,14,15). The van der Waals surface area contributed by atoms with E-state index in [0.29, 0.717) is 19.2 Å². The molecular formula is C12H24N2O3. The summed E-state index contributed by atoms with van der Waals surface area (Å²) in [5.74, 6) is 0.266. The van der Waals surface area contributed by atoms with Gasteiger partial charge in [0.2, 0.25) is 5.91 Å². The Labute approximate surface area is 103 Å². The summed E-state index contributed by atoms with van der Waals surface area (Å²) < 4.78 is 10.2. The molecule has 0 aromatic rings. The Hall–Kier alpha value is -0.650. The Balaban J connectivity index is 2.28. The number of rotatable bonds is 6. The largest absolute Gasteiger partial charge is 0.382 e. The van der Waals surface area contributed by atoms with E-state index >= 15 is 0 Å². The molecule has 5 nitrogen and oxygen atoms in total. The number of hydrogen-bond acceptors (Lipinski definition) is 4. The first-order valence-electron chi connectivity index (χ1n) is 6.20. The molecule has 5 heteroatoms. The van der Waals surface area contributed by atoms with Gasteiger partial charge in [-0.1, -0.05) is 0 Å². The zero-order valence-electron chi connectivity index (χ0n) is 11.0. The van der Waals surface area contributed by atoms with Crippen molar-refractivity contribution >= 4 is 5.91 Å². The lowest BCUT2D eigenvalue weighted by molar-refractivity contribution is -0.126. The van der Waals surface area contributed by atoms with E-state index in [1.807, 2.05) is 0 Å². The van der Waals surface area contributed by atoms with Gasteiger partial charge in [0.05, 0.1) is 12.7 Å². The van der Waals surface area contributed by atoms with Crippen LogP contribution in [-0.2, 0) is 14.3 Å². The van der Waals surface area contributed by atoms with E-state index in [4.69, 9.17) is 9.47 Å². The Morgan fingerprint density at radius 3 is 2.88 bits per heavy atom. The maximum Gasteiger partial charge on any atom is 0.223 e. The molecular weight excluding hydrogens is 220 g/mol. The van der Waals surface area contributed by atoms with Crippen LogP contribution in [0.1, 0.15) is 19.8 Å². The van der Waals surface area contributed by atoms with Gasteiger partial charge in [0.25, 0.3) is 0 Å². The Kier molecular flexibility index (Phi) is 6.47. The summed E-state index contributed by atoms with van der Waals surface area (Å²) in [6.07, 6.45) is 1.76. The predicted octanol–water partition coefficient (Wildman–Crippen LogP) is 0.152. The highest BCUT2D eigenvalue weighted by Crippen LogP contribution is 2.15. The summed E-state index contributed by atoms with van der Waals surface area (Å²) in [6, 6.07) is 0.427. The topological polar surface area (TPSA) is 59.6 Å². The predicted molar refractivity (Wildman–Crippen MR) is 65.9 cm³/mol. The van der Waals surface area contributed by atoms with Crippen molar-refractivity contribution in [2.45, 2.75) is 31.9 Å². The van der Waals surface area contributed by atoms with Crippen LogP contribution in [0.4, 0.5) is 0 Å². The molecule has 1 aliphatic rings. The highest BCUT2D eigenvalue weighted by atomic mass is 16.5. The molecule has 2 N–H and O–H groups in total. The first-order chi connectivity index (χ1) is 8.17. The van der Waals surface area contributed by atoms with E-state index in [9.17, 15) is 4.79 Å². The van der Waals surface area contributed by atoms with Gasteiger partial charge >= 0.3 is 0 Å². The molecule has 0 aliphatic carbocycles. The second-order valence-electron chi connectivity index (χ2n) is 4.63. The van der Waals surface area contributed by atoms with Gasteiger partial charge in [-0.3, -0.25) is 4.79 Å². The van der Waals surface area contributed by atoms with Crippen molar-refractivity contribution in [3.05, 3.63) is 0 Å². The second-order valence-corrected chi connectivity index (χ2v) is 4.63. The van der Waals surface area contributed by atoms with E-state index in [-0.39, 0.29) is 17.9 Å². The average molecular weight is 244 g/mol. The van der Waals surface area contributed by atoms with Crippen LogP contribution >= 0.6 is 0 Å². The molecule has 1 saturated heterocycles. The Bertz CT molecular complexity index is 236.